The van der Waals surface area contributed by atoms with Crippen molar-refractivity contribution in [2.75, 3.05) is 39.3 Å². The third-order valence-electron chi connectivity index (χ3n) is 4.66. The van der Waals surface area contributed by atoms with Gasteiger partial charge in [-0.15, -0.1) is 0 Å². The van der Waals surface area contributed by atoms with E-state index in [9.17, 15) is 4.79 Å². The molecule has 0 spiro atoms. The van der Waals surface area contributed by atoms with E-state index >= 15 is 0 Å². The molecule has 4 aliphatic heterocycles. The molecule has 3 N–H and O–H groups in total. The lowest BCUT2D eigenvalue weighted by atomic mass is 10.1. The minimum absolute atomic E-state index is 0.000219. The van der Waals surface area contributed by atoms with E-state index in [1.165, 1.54) is 0 Å². The van der Waals surface area contributed by atoms with E-state index in [0.29, 0.717) is 12.1 Å². The molecule has 126 valence electrons. The van der Waals surface area contributed by atoms with Gasteiger partial charge < -0.3 is 20.9 Å². The van der Waals surface area contributed by atoms with Gasteiger partial charge in [-0.05, 0) is 37.3 Å². The average molecular weight is 325 g/mol. The van der Waals surface area contributed by atoms with Crippen LogP contribution in [0.2, 0.25) is 0 Å². The van der Waals surface area contributed by atoms with Gasteiger partial charge in [-0.25, -0.2) is 0 Å². The molecule has 24 heavy (non-hydrogen) atoms. The summed E-state index contributed by atoms with van der Waals surface area (Å²) in [4.78, 5) is 17.0. The van der Waals surface area contributed by atoms with E-state index in [0.717, 1.165) is 56.4 Å². The number of carbonyl (C=O) groups excluding carboxylic acids is 1. The Kier molecular flexibility index (Phi) is 4.23. The van der Waals surface area contributed by atoms with E-state index in [-0.39, 0.29) is 5.91 Å². The first kappa shape index (κ1) is 15.2. The maximum Gasteiger partial charge on any atom is 0.251 e. The molecule has 1 fully saturated rings. The van der Waals surface area contributed by atoms with Crippen LogP contribution in [0.5, 0.6) is 0 Å². The number of nitrogens with one attached hydrogen (secondary N) is 3. The van der Waals surface area contributed by atoms with Crippen molar-refractivity contribution in [3.8, 4) is 0 Å². The Balaban J connectivity index is 1.30. The monoisotopic (exact) mass is 325 g/mol. The number of rotatable bonds is 5. The Labute approximate surface area is 142 Å². The van der Waals surface area contributed by atoms with Crippen molar-refractivity contribution in [2.24, 2.45) is 0 Å². The Hall–Kier alpha value is -2.31. The molecule has 6 nitrogen and oxygen atoms in total. The van der Waals surface area contributed by atoms with Crippen molar-refractivity contribution in [3.63, 3.8) is 0 Å². The molecule has 0 aromatic rings. The van der Waals surface area contributed by atoms with Crippen LogP contribution in [0, 0.1) is 0 Å². The van der Waals surface area contributed by atoms with Crippen molar-refractivity contribution in [1.29, 1.82) is 0 Å². The largest absolute Gasteiger partial charge is 0.352 e. The lowest BCUT2D eigenvalue weighted by Crippen LogP contribution is -2.44. The molecule has 0 aromatic heterocycles. The second-order valence-corrected chi connectivity index (χ2v) is 6.33. The smallest absolute Gasteiger partial charge is 0.251 e. The highest BCUT2D eigenvalue weighted by Gasteiger charge is 2.27. The maximum atomic E-state index is 12.4. The zero-order chi connectivity index (χ0) is 16.4. The van der Waals surface area contributed by atoms with Crippen LogP contribution in [0.4, 0.5) is 0 Å². The van der Waals surface area contributed by atoms with Crippen LogP contribution in [-0.2, 0) is 4.79 Å². The number of amides is 1. The van der Waals surface area contributed by atoms with Crippen LogP contribution in [0.15, 0.2) is 59.4 Å². The van der Waals surface area contributed by atoms with Gasteiger partial charge in [0.1, 0.15) is 5.82 Å². The molecule has 4 aliphatic rings. The number of hydrogen-bond donors (Lipinski definition) is 3. The first-order chi connectivity index (χ1) is 11.8. The number of nitrogens with zero attached hydrogens (tertiary/aromatic N) is 2. The zero-order valence-electron chi connectivity index (χ0n) is 13.7. The van der Waals surface area contributed by atoms with Crippen molar-refractivity contribution >= 4 is 5.91 Å². The highest BCUT2D eigenvalue weighted by atomic mass is 16.1. The molecule has 1 saturated heterocycles. The molecule has 4 heterocycles. The molecule has 4 rings (SSSR count). The van der Waals surface area contributed by atoms with Crippen LogP contribution >= 0.6 is 0 Å². The Morgan fingerprint density at radius 3 is 2.96 bits per heavy atom. The molecule has 0 aromatic carbocycles. The first-order valence-corrected chi connectivity index (χ1v) is 8.61. The SMILES string of the molecule is O=C(NCCCN1CCNCC1)C1=CC2=CNC3=CC=CC(=C1)N23. The summed E-state index contributed by atoms with van der Waals surface area (Å²) in [7, 11) is 0. The molecule has 0 radical (unpaired) electrons. The van der Waals surface area contributed by atoms with Crippen molar-refractivity contribution < 1.29 is 4.79 Å². The lowest BCUT2D eigenvalue weighted by Gasteiger charge is -2.28. The van der Waals surface area contributed by atoms with Crippen LogP contribution < -0.4 is 16.0 Å². The van der Waals surface area contributed by atoms with E-state index < -0.39 is 0 Å². The minimum Gasteiger partial charge on any atom is -0.352 e. The topological polar surface area (TPSA) is 59.6 Å². The van der Waals surface area contributed by atoms with Crippen molar-refractivity contribution in [2.45, 2.75) is 6.42 Å². The van der Waals surface area contributed by atoms with Crippen LogP contribution in [0.3, 0.4) is 0 Å². The minimum atomic E-state index is -0.000219. The van der Waals surface area contributed by atoms with Gasteiger partial charge in [0, 0.05) is 50.2 Å². The fourth-order valence-electron chi connectivity index (χ4n) is 3.39. The molecule has 0 aliphatic carbocycles. The molecule has 0 unspecified atom stereocenters. The second-order valence-electron chi connectivity index (χ2n) is 6.33. The molecule has 0 saturated carbocycles. The van der Waals surface area contributed by atoms with Gasteiger partial charge >= 0.3 is 0 Å². The van der Waals surface area contributed by atoms with Gasteiger partial charge in [-0.2, -0.15) is 0 Å². The predicted molar refractivity (Wildman–Crippen MR) is 93.4 cm³/mol. The summed E-state index contributed by atoms with van der Waals surface area (Å²) < 4.78 is 0. The van der Waals surface area contributed by atoms with Crippen molar-refractivity contribution in [3.05, 3.63) is 59.4 Å². The van der Waals surface area contributed by atoms with Crippen LogP contribution in [0.1, 0.15) is 6.42 Å². The first-order valence-electron chi connectivity index (χ1n) is 8.61. The summed E-state index contributed by atoms with van der Waals surface area (Å²) in [5.74, 6) is 1.03. The summed E-state index contributed by atoms with van der Waals surface area (Å²) in [6, 6.07) is 0. The van der Waals surface area contributed by atoms with E-state index in [1.807, 2.05) is 36.6 Å². The summed E-state index contributed by atoms with van der Waals surface area (Å²) in [6.07, 6.45) is 12.8. The van der Waals surface area contributed by atoms with E-state index in [4.69, 9.17) is 0 Å². The third-order valence-corrected chi connectivity index (χ3v) is 4.66. The van der Waals surface area contributed by atoms with Crippen LogP contribution in [-0.4, -0.2) is 55.0 Å². The zero-order valence-corrected chi connectivity index (χ0v) is 13.7. The molecule has 1 amide bonds. The quantitative estimate of drug-likeness (QED) is 0.638. The fourth-order valence-corrected chi connectivity index (χ4v) is 3.39. The molecular formula is C18H23N5O. The van der Waals surface area contributed by atoms with Gasteiger partial charge in [-0.1, -0.05) is 6.08 Å². The highest BCUT2D eigenvalue weighted by Crippen LogP contribution is 2.32. The maximum absolute atomic E-state index is 12.4. The fraction of sp³-hybridized carbons (Fsp3) is 0.389. The second kappa shape index (κ2) is 6.67. The highest BCUT2D eigenvalue weighted by molar-refractivity contribution is 5.97. The van der Waals surface area contributed by atoms with Gasteiger partial charge in [0.05, 0.1) is 5.70 Å². The molecular weight excluding hydrogens is 302 g/mol. The van der Waals surface area contributed by atoms with Crippen LogP contribution in [0.25, 0.3) is 0 Å². The van der Waals surface area contributed by atoms with Gasteiger partial charge in [-0.3, -0.25) is 9.69 Å². The summed E-state index contributed by atoms with van der Waals surface area (Å²) in [5, 5.41) is 9.62. The average Bonchev–Trinajstić information content (AvgIpc) is 3.04. The molecule has 6 heteroatoms. The molecule has 0 bridgehead atoms. The van der Waals surface area contributed by atoms with E-state index in [2.05, 4.69) is 25.8 Å². The summed E-state index contributed by atoms with van der Waals surface area (Å²) in [5.41, 5.74) is 2.75. The number of carbonyl (C=O) groups is 1. The van der Waals surface area contributed by atoms with Crippen molar-refractivity contribution in [1.82, 2.24) is 25.8 Å². The Morgan fingerprint density at radius 1 is 1.21 bits per heavy atom. The summed E-state index contributed by atoms with van der Waals surface area (Å²) in [6.45, 7) is 6.09. The Bertz CT molecular complexity index is 680. The lowest BCUT2D eigenvalue weighted by molar-refractivity contribution is -0.117. The standard InChI is InChI=1S/C18H23N5O/c24-18(20-5-2-8-22-9-6-19-7-10-22)14-11-15-3-1-4-17-21-13-16(12-14)23(15)17/h1,3-4,11-13,19,21H,2,5-10H2,(H,20,24). The predicted octanol–water partition coefficient (Wildman–Crippen LogP) is 0.380. The number of hydrogen-bond acceptors (Lipinski definition) is 5. The van der Waals surface area contributed by atoms with Gasteiger partial charge in [0.25, 0.3) is 5.91 Å². The number of piperazine rings is 1. The Morgan fingerprint density at radius 2 is 2.08 bits per heavy atom. The number of allylic oxidation sites excluding steroid dienone is 4. The summed E-state index contributed by atoms with van der Waals surface area (Å²) >= 11 is 0. The van der Waals surface area contributed by atoms with Gasteiger partial charge in [0.15, 0.2) is 0 Å². The molecule has 0 atom stereocenters. The third kappa shape index (κ3) is 3.02. The van der Waals surface area contributed by atoms with E-state index in [1.54, 1.807) is 0 Å². The van der Waals surface area contributed by atoms with Gasteiger partial charge in [0.2, 0.25) is 0 Å². The normalized spacial score (nSPS) is 22.1.